The van der Waals surface area contributed by atoms with Crippen molar-refractivity contribution in [2.45, 2.75) is 33.2 Å². The number of aryl methyl sites for hydroxylation is 1. The fraction of sp³-hybridized carbons (Fsp3) is 0.438. The van der Waals surface area contributed by atoms with Gasteiger partial charge in [-0.3, -0.25) is 9.59 Å². The molecule has 1 amide bonds. The van der Waals surface area contributed by atoms with Crippen molar-refractivity contribution in [2.24, 2.45) is 0 Å². The molecule has 0 saturated heterocycles. The maximum Gasteiger partial charge on any atom is 0.326 e. The van der Waals surface area contributed by atoms with E-state index in [-0.39, 0.29) is 18.4 Å². The molecule has 1 N–H and O–H groups in total. The van der Waals surface area contributed by atoms with Crippen LogP contribution in [-0.4, -0.2) is 34.6 Å². The van der Waals surface area contributed by atoms with Crippen LogP contribution in [0.4, 0.5) is 0 Å². The predicted octanol–water partition coefficient (Wildman–Crippen LogP) is 1.67. The number of nitrogens with zero attached hydrogens (tertiary/aromatic N) is 2. The Hall–Kier alpha value is -2.37. The number of hydrogen-bond donors (Lipinski definition) is 1. The number of amides is 1. The number of hydrogen-bond acceptors (Lipinski definition) is 4. The first-order valence-corrected chi connectivity index (χ1v) is 7.46. The lowest BCUT2D eigenvalue weighted by molar-refractivity contribution is -0.143. The van der Waals surface area contributed by atoms with Gasteiger partial charge >= 0.3 is 5.97 Å². The van der Waals surface area contributed by atoms with Gasteiger partial charge in [0.15, 0.2) is 0 Å². The second-order valence-electron chi connectivity index (χ2n) is 4.99. The first-order chi connectivity index (χ1) is 10.6. The maximum atomic E-state index is 11.8. The van der Waals surface area contributed by atoms with Crippen molar-refractivity contribution in [2.75, 3.05) is 13.2 Å². The highest BCUT2D eigenvalue weighted by molar-refractivity contribution is 5.79. The molecule has 0 atom stereocenters. The molecule has 2 aromatic rings. The molecule has 0 aliphatic carbocycles. The number of carbonyl (C=O) groups is 2. The summed E-state index contributed by atoms with van der Waals surface area (Å²) < 4.78 is 6.92. The molecule has 6 nitrogen and oxygen atoms in total. The zero-order valence-corrected chi connectivity index (χ0v) is 13.0. The normalized spacial score (nSPS) is 10.6. The molecule has 1 heterocycles. The zero-order valence-electron chi connectivity index (χ0n) is 13.0. The van der Waals surface area contributed by atoms with E-state index >= 15 is 0 Å². The Balaban J connectivity index is 2.16. The van der Waals surface area contributed by atoms with Gasteiger partial charge in [-0.15, -0.1) is 0 Å². The second-order valence-corrected chi connectivity index (χ2v) is 4.99. The fourth-order valence-corrected chi connectivity index (χ4v) is 2.34. The molecule has 0 aliphatic rings. The summed E-state index contributed by atoms with van der Waals surface area (Å²) in [5, 5.41) is 2.76. The summed E-state index contributed by atoms with van der Waals surface area (Å²) in [6, 6.07) is 7.71. The molecule has 0 radical (unpaired) electrons. The summed E-state index contributed by atoms with van der Waals surface area (Å²) in [7, 11) is 0. The molecule has 0 spiro atoms. The molecule has 0 aliphatic heterocycles. The third-order valence-corrected chi connectivity index (χ3v) is 3.28. The fourth-order valence-electron chi connectivity index (χ4n) is 2.34. The Morgan fingerprint density at radius 3 is 2.82 bits per heavy atom. The van der Waals surface area contributed by atoms with Crippen LogP contribution >= 0.6 is 0 Å². The van der Waals surface area contributed by atoms with E-state index in [1.807, 2.05) is 28.8 Å². The number of rotatable bonds is 7. The van der Waals surface area contributed by atoms with Gasteiger partial charge in [0.1, 0.15) is 12.4 Å². The molecule has 0 fully saturated rings. The first kappa shape index (κ1) is 16.0. The van der Waals surface area contributed by atoms with E-state index in [1.165, 1.54) is 6.92 Å². The van der Waals surface area contributed by atoms with Gasteiger partial charge in [-0.2, -0.15) is 0 Å². The number of carbonyl (C=O) groups excluding carboxylic acids is 2. The quantitative estimate of drug-likeness (QED) is 0.624. The zero-order chi connectivity index (χ0) is 15.9. The number of benzene rings is 1. The van der Waals surface area contributed by atoms with Gasteiger partial charge in [-0.25, -0.2) is 4.98 Å². The molecule has 6 heteroatoms. The summed E-state index contributed by atoms with van der Waals surface area (Å²) in [6.07, 6.45) is 1.46. The number of fused-ring (bicyclic) bond motifs is 1. The van der Waals surface area contributed by atoms with E-state index in [2.05, 4.69) is 10.3 Å². The van der Waals surface area contributed by atoms with Crippen LogP contribution < -0.4 is 5.32 Å². The van der Waals surface area contributed by atoms with Crippen molar-refractivity contribution in [3.8, 4) is 0 Å². The molecular formula is C16H21N3O3. The molecule has 2 rings (SSSR count). The van der Waals surface area contributed by atoms with Gasteiger partial charge in [0.25, 0.3) is 0 Å². The maximum absolute atomic E-state index is 11.8. The van der Waals surface area contributed by atoms with Crippen molar-refractivity contribution < 1.29 is 14.3 Å². The summed E-state index contributed by atoms with van der Waals surface area (Å²) in [5.41, 5.74) is 1.78. The van der Waals surface area contributed by atoms with Crippen LogP contribution in [0.1, 0.15) is 26.1 Å². The van der Waals surface area contributed by atoms with E-state index < -0.39 is 0 Å². The number of imidazole rings is 1. The smallest absolute Gasteiger partial charge is 0.326 e. The Morgan fingerprint density at radius 1 is 1.32 bits per heavy atom. The molecule has 0 unspecified atom stereocenters. The Morgan fingerprint density at radius 2 is 2.09 bits per heavy atom. The van der Waals surface area contributed by atoms with Gasteiger partial charge in [0.2, 0.25) is 5.91 Å². The average molecular weight is 303 g/mol. The van der Waals surface area contributed by atoms with Crippen LogP contribution in [0.5, 0.6) is 0 Å². The SMILES string of the molecule is CCOC(=O)Cn1c(CCCNC(C)=O)nc2ccccc21. The third-order valence-electron chi connectivity index (χ3n) is 3.28. The summed E-state index contributed by atoms with van der Waals surface area (Å²) in [6.45, 7) is 4.40. The largest absolute Gasteiger partial charge is 0.465 e. The minimum Gasteiger partial charge on any atom is -0.465 e. The van der Waals surface area contributed by atoms with Crippen LogP contribution in [0, 0.1) is 0 Å². The standard InChI is InChI=1S/C16H21N3O3/c1-3-22-16(21)11-19-14-8-5-4-7-13(14)18-15(19)9-6-10-17-12(2)20/h4-5,7-8H,3,6,9-11H2,1-2H3,(H,17,20). The number of nitrogens with one attached hydrogen (secondary N) is 1. The van der Waals surface area contributed by atoms with Crippen LogP contribution in [0.3, 0.4) is 0 Å². The van der Waals surface area contributed by atoms with E-state index in [4.69, 9.17) is 4.74 Å². The van der Waals surface area contributed by atoms with Crippen LogP contribution in [0.25, 0.3) is 11.0 Å². The van der Waals surface area contributed by atoms with Crippen LogP contribution in [-0.2, 0) is 27.3 Å². The van der Waals surface area contributed by atoms with Crippen molar-refractivity contribution in [1.29, 1.82) is 0 Å². The highest BCUT2D eigenvalue weighted by atomic mass is 16.5. The van der Waals surface area contributed by atoms with Gasteiger partial charge in [0, 0.05) is 19.9 Å². The summed E-state index contributed by atoms with van der Waals surface area (Å²) >= 11 is 0. The molecule has 0 bridgehead atoms. The lowest BCUT2D eigenvalue weighted by Gasteiger charge is -2.09. The van der Waals surface area contributed by atoms with Gasteiger partial charge in [-0.1, -0.05) is 12.1 Å². The second kappa shape index (κ2) is 7.59. The van der Waals surface area contributed by atoms with Gasteiger partial charge in [-0.05, 0) is 25.5 Å². The Labute approximate surface area is 129 Å². The molecular weight excluding hydrogens is 282 g/mol. The summed E-state index contributed by atoms with van der Waals surface area (Å²) in [5.74, 6) is 0.522. The Kier molecular flexibility index (Phi) is 5.52. The topological polar surface area (TPSA) is 73.2 Å². The lowest BCUT2D eigenvalue weighted by atomic mass is 10.3. The number of para-hydroxylation sites is 2. The lowest BCUT2D eigenvalue weighted by Crippen LogP contribution is -2.22. The van der Waals surface area contributed by atoms with E-state index in [0.29, 0.717) is 19.6 Å². The van der Waals surface area contributed by atoms with Crippen molar-refractivity contribution >= 4 is 22.9 Å². The first-order valence-electron chi connectivity index (χ1n) is 7.46. The molecule has 118 valence electrons. The molecule has 1 aromatic heterocycles. The molecule has 1 aromatic carbocycles. The highest BCUT2D eigenvalue weighted by Gasteiger charge is 2.13. The minimum absolute atomic E-state index is 0.0416. The average Bonchev–Trinajstić information content (AvgIpc) is 2.82. The molecule has 22 heavy (non-hydrogen) atoms. The molecule has 0 saturated carbocycles. The predicted molar refractivity (Wildman–Crippen MR) is 83.4 cm³/mol. The third kappa shape index (κ3) is 4.07. The number of esters is 1. The monoisotopic (exact) mass is 303 g/mol. The van der Waals surface area contributed by atoms with Gasteiger partial charge < -0.3 is 14.6 Å². The van der Waals surface area contributed by atoms with E-state index in [9.17, 15) is 9.59 Å². The minimum atomic E-state index is -0.270. The van der Waals surface area contributed by atoms with Crippen molar-refractivity contribution in [3.63, 3.8) is 0 Å². The van der Waals surface area contributed by atoms with E-state index in [1.54, 1.807) is 6.92 Å². The number of ether oxygens (including phenoxy) is 1. The van der Waals surface area contributed by atoms with Crippen LogP contribution in [0.15, 0.2) is 24.3 Å². The Bertz CT molecular complexity index is 664. The van der Waals surface area contributed by atoms with Crippen molar-refractivity contribution in [1.82, 2.24) is 14.9 Å². The highest BCUT2D eigenvalue weighted by Crippen LogP contribution is 2.17. The van der Waals surface area contributed by atoms with E-state index in [0.717, 1.165) is 23.3 Å². The van der Waals surface area contributed by atoms with Gasteiger partial charge in [0.05, 0.1) is 17.6 Å². The van der Waals surface area contributed by atoms with Crippen LogP contribution in [0.2, 0.25) is 0 Å². The van der Waals surface area contributed by atoms with Crippen molar-refractivity contribution in [3.05, 3.63) is 30.1 Å². The summed E-state index contributed by atoms with van der Waals surface area (Å²) in [4.78, 5) is 27.3. The number of aromatic nitrogens is 2.